The molecule has 0 aliphatic carbocycles. The topological polar surface area (TPSA) is 69.9 Å². The molecule has 0 radical (unpaired) electrons. The van der Waals surface area contributed by atoms with Crippen LogP contribution in [0.5, 0.6) is 5.75 Å². The van der Waals surface area contributed by atoms with Gasteiger partial charge in [-0.15, -0.1) is 0 Å². The Morgan fingerprint density at radius 3 is 2.95 bits per heavy atom. The van der Waals surface area contributed by atoms with Gasteiger partial charge in [-0.25, -0.2) is 4.79 Å². The molecule has 2 aromatic heterocycles. The summed E-state index contributed by atoms with van der Waals surface area (Å²) in [5, 5.41) is 0. The summed E-state index contributed by atoms with van der Waals surface area (Å²) in [6, 6.07) is 6.71. The number of aromatic nitrogens is 2. The largest absolute Gasteiger partial charge is 0.495 e. The van der Waals surface area contributed by atoms with Gasteiger partial charge in [0.25, 0.3) is 5.56 Å². The first-order valence-corrected chi connectivity index (χ1v) is 7.13. The fraction of sp³-hybridized carbons (Fsp3) is 0.214. The molecule has 3 rings (SSSR count). The summed E-state index contributed by atoms with van der Waals surface area (Å²) < 4.78 is 12.8. The zero-order valence-electron chi connectivity index (χ0n) is 11.5. The maximum absolute atomic E-state index is 12.1. The first-order valence-electron chi connectivity index (χ1n) is 6.32. The number of hydrogen-bond donors (Lipinski definition) is 0. The predicted molar refractivity (Wildman–Crippen MR) is 79.4 cm³/mol. The number of benzene rings is 1. The van der Waals surface area contributed by atoms with Crippen molar-refractivity contribution in [1.29, 1.82) is 0 Å². The van der Waals surface area contributed by atoms with Gasteiger partial charge in [-0.3, -0.25) is 9.20 Å². The number of para-hydroxylation sites is 1. The molecule has 21 heavy (non-hydrogen) atoms. The number of esters is 1. The van der Waals surface area contributed by atoms with Crippen LogP contribution in [-0.4, -0.2) is 29.1 Å². The van der Waals surface area contributed by atoms with Crippen LogP contribution in [-0.2, 0) is 4.74 Å². The summed E-state index contributed by atoms with van der Waals surface area (Å²) in [5.74, 6) is 0.0485. The number of hydrogen-bond acceptors (Lipinski definition) is 6. The van der Waals surface area contributed by atoms with Gasteiger partial charge in [0.05, 0.1) is 18.4 Å². The molecule has 6 nitrogen and oxygen atoms in total. The molecular weight excluding hydrogens is 292 g/mol. The van der Waals surface area contributed by atoms with E-state index in [9.17, 15) is 9.59 Å². The lowest BCUT2D eigenvalue weighted by atomic mass is 10.3. The number of rotatable bonds is 3. The third kappa shape index (κ3) is 2.15. The van der Waals surface area contributed by atoms with Crippen molar-refractivity contribution < 1.29 is 14.3 Å². The van der Waals surface area contributed by atoms with Crippen LogP contribution in [0, 0.1) is 0 Å². The molecule has 0 saturated heterocycles. The summed E-state index contributed by atoms with van der Waals surface area (Å²) in [7, 11) is 1.55. The number of ether oxygens (including phenoxy) is 2. The van der Waals surface area contributed by atoms with Crippen molar-refractivity contribution in [1.82, 2.24) is 9.38 Å². The lowest BCUT2D eigenvalue weighted by Crippen LogP contribution is -2.17. The van der Waals surface area contributed by atoms with Crippen molar-refractivity contribution in [2.24, 2.45) is 0 Å². The number of carbonyl (C=O) groups is 1. The van der Waals surface area contributed by atoms with Crippen molar-refractivity contribution in [3.05, 3.63) is 40.3 Å². The molecule has 0 atom stereocenters. The second kappa shape index (κ2) is 5.17. The minimum atomic E-state index is -0.558. The number of nitrogens with zero attached hydrogens (tertiary/aromatic N) is 2. The lowest BCUT2D eigenvalue weighted by Gasteiger charge is -2.07. The van der Waals surface area contributed by atoms with Gasteiger partial charge in [0, 0.05) is 6.07 Å². The van der Waals surface area contributed by atoms with Gasteiger partial charge in [0.15, 0.2) is 4.96 Å². The van der Waals surface area contributed by atoms with Crippen LogP contribution in [0.3, 0.4) is 0 Å². The lowest BCUT2D eigenvalue weighted by molar-refractivity contribution is 0.0518. The normalized spacial score (nSPS) is 11.0. The first kappa shape index (κ1) is 13.6. The van der Waals surface area contributed by atoms with Gasteiger partial charge >= 0.3 is 5.97 Å². The molecular formula is C14H12N2O4S. The van der Waals surface area contributed by atoms with Gasteiger partial charge in [0.1, 0.15) is 17.0 Å². The fourth-order valence-corrected chi connectivity index (χ4v) is 3.22. The average Bonchev–Trinajstić information content (AvgIpc) is 2.84. The summed E-state index contributed by atoms with van der Waals surface area (Å²) in [6.07, 6.45) is 0. The molecule has 0 saturated carbocycles. The SMILES string of the molecule is CCOC(=O)c1cc(=O)nc2sc3cccc(OC)c3n12. The fourth-order valence-electron chi connectivity index (χ4n) is 2.17. The predicted octanol–water partition coefficient (Wildman–Crippen LogP) is 2.09. The van der Waals surface area contributed by atoms with E-state index in [-0.39, 0.29) is 12.3 Å². The molecule has 0 bridgehead atoms. The number of thiazole rings is 1. The second-order valence-electron chi connectivity index (χ2n) is 4.23. The van der Waals surface area contributed by atoms with Gasteiger partial charge in [0.2, 0.25) is 0 Å². The van der Waals surface area contributed by atoms with Crippen molar-refractivity contribution in [2.75, 3.05) is 13.7 Å². The summed E-state index contributed by atoms with van der Waals surface area (Å²) >= 11 is 1.32. The van der Waals surface area contributed by atoms with Gasteiger partial charge < -0.3 is 9.47 Å². The van der Waals surface area contributed by atoms with Crippen LogP contribution >= 0.6 is 11.3 Å². The molecule has 7 heteroatoms. The highest BCUT2D eigenvalue weighted by Gasteiger charge is 2.19. The molecule has 0 amide bonds. The molecule has 0 unspecified atom stereocenters. The van der Waals surface area contributed by atoms with Gasteiger partial charge in [-0.05, 0) is 19.1 Å². The van der Waals surface area contributed by atoms with Crippen molar-refractivity contribution in [3.8, 4) is 5.75 Å². The Morgan fingerprint density at radius 2 is 2.24 bits per heavy atom. The van der Waals surface area contributed by atoms with Crippen molar-refractivity contribution in [3.63, 3.8) is 0 Å². The summed E-state index contributed by atoms with van der Waals surface area (Å²) in [4.78, 5) is 28.2. The Kier molecular flexibility index (Phi) is 3.34. The minimum absolute atomic E-state index is 0.155. The maximum Gasteiger partial charge on any atom is 0.355 e. The Bertz CT molecular complexity index is 897. The van der Waals surface area contributed by atoms with Crippen LogP contribution in [0.25, 0.3) is 15.2 Å². The number of fused-ring (bicyclic) bond motifs is 3. The van der Waals surface area contributed by atoms with Crippen molar-refractivity contribution >= 4 is 32.5 Å². The molecule has 0 aliphatic rings. The Morgan fingerprint density at radius 1 is 1.43 bits per heavy atom. The first-order chi connectivity index (χ1) is 10.2. The highest BCUT2D eigenvalue weighted by Crippen LogP contribution is 2.32. The zero-order chi connectivity index (χ0) is 15.0. The second-order valence-corrected chi connectivity index (χ2v) is 5.24. The molecule has 2 heterocycles. The Hall–Kier alpha value is -2.41. The minimum Gasteiger partial charge on any atom is -0.495 e. The van der Waals surface area contributed by atoms with E-state index in [4.69, 9.17) is 9.47 Å². The van der Waals surface area contributed by atoms with E-state index in [1.807, 2.05) is 12.1 Å². The van der Waals surface area contributed by atoms with Crippen LogP contribution in [0.1, 0.15) is 17.4 Å². The van der Waals surface area contributed by atoms with Crippen LogP contribution < -0.4 is 10.3 Å². The van der Waals surface area contributed by atoms with E-state index in [1.165, 1.54) is 17.4 Å². The van der Waals surface area contributed by atoms with E-state index in [0.29, 0.717) is 16.2 Å². The van der Waals surface area contributed by atoms with E-state index < -0.39 is 11.5 Å². The summed E-state index contributed by atoms with van der Waals surface area (Å²) in [5.41, 5.74) is 0.390. The average molecular weight is 304 g/mol. The van der Waals surface area contributed by atoms with E-state index in [0.717, 1.165) is 4.70 Å². The number of methoxy groups -OCH3 is 1. The zero-order valence-corrected chi connectivity index (χ0v) is 12.3. The Balaban J connectivity index is 2.46. The monoisotopic (exact) mass is 304 g/mol. The van der Waals surface area contributed by atoms with Crippen LogP contribution in [0.2, 0.25) is 0 Å². The molecule has 0 aliphatic heterocycles. The van der Waals surface area contributed by atoms with E-state index >= 15 is 0 Å². The molecule has 0 N–H and O–H groups in total. The quantitative estimate of drug-likeness (QED) is 0.693. The highest BCUT2D eigenvalue weighted by molar-refractivity contribution is 7.23. The van der Waals surface area contributed by atoms with Gasteiger partial charge in [-0.2, -0.15) is 4.98 Å². The molecule has 0 spiro atoms. The number of carbonyl (C=O) groups excluding carboxylic acids is 1. The van der Waals surface area contributed by atoms with Crippen LogP contribution in [0.15, 0.2) is 29.1 Å². The molecule has 0 fully saturated rings. The molecule has 3 aromatic rings. The standard InChI is InChI=1S/C14H12N2O4S/c1-3-20-13(18)8-7-11(17)15-14-16(8)12-9(19-2)5-4-6-10(12)21-14/h4-7H,3H2,1-2H3. The van der Waals surface area contributed by atoms with E-state index in [2.05, 4.69) is 4.98 Å². The molecule has 1 aromatic carbocycles. The third-order valence-electron chi connectivity index (χ3n) is 2.99. The van der Waals surface area contributed by atoms with Crippen LogP contribution in [0.4, 0.5) is 0 Å². The summed E-state index contributed by atoms with van der Waals surface area (Å²) in [6.45, 7) is 1.95. The maximum atomic E-state index is 12.1. The van der Waals surface area contributed by atoms with Crippen molar-refractivity contribution in [2.45, 2.75) is 6.92 Å². The van der Waals surface area contributed by atoms with Gasteiger partial charge in [-0.1, -0.05) is 17.4 Å². The Labute approximate surface area is 123 Å². The smallest absolute Gasteiger partial charge is 0.355 e. The van der Waals surface area contributed by atoms with E-state index in [1.54, 1.807) is 24.5 Å². The third-order valence-corrected chi connectivity index (χ3v) is 4.00. The molecule has 108 valence electrons. The highest BCUT2D eigenvalue weighted by atomic mass is 32.1.